The Bertz CT molecular complexity index is 1220. The minimum atomic E-state index is -0.612. The predicted octanol–water partition coefficient (Wildman–Crippen LogP) is 4.47. The number of fused-ring (bicyclic) bond motifs is 1. The van der Waals surface area contributed by atoms with Crippen LogP contribution < -0.4 is 20.1 Å². The van der Waals surface area contributed by atoms with Crippen molar-refractivity contribution in [1.82, 2.24) is 14.8 Å². The number of phenols is 1. The lowest BCUT2D eigenvalue weighted by Crippen LogP contribution is -2.31. The van der Waals surface area contributed by atoms with E-state index in [0.29, 0.717) is 57.7 Å². The number of aromatic nitrogens is 3. The first kappa shape index (κ1) is 22.7. The number of rotatable bonds is 7. The Labute approximate surface area is 199 Å². The third kappa shape index (κ3) is 4.38. The normalized spacial score (nSPS) is 15.0. The first-order valence-electron chi connectivity index (χ1n) is 10.5. The van der Waals surface area contributed by atoms with Gasteiger partial charge in [-0.05, 0) is 66.5 Å². The van der Waals surface area contributed by atoms with Gasteiger partial charge in [-0.2, -0.15) is 10.1 Å². The summed E-state index contributed by atoms with van der Waals surface area (Å²) in [5.74, 6) is 1.07. The molecule has 1 unspecified atom stereocenters. The molecule has 4 rings (SSSR count). The van der Waals surface area contributed by atoms with E-state index in [1.54, 1.807) is 28.9 Å². The molecule has 9 nitrogen and oxygen atoms in total. The van der Waals surface area contributed by atoms with Gasteiger partial charge >= 0.3 is 0 Å². The van der Waals surface area contributed by atoms with Crippen LogP contribution in [0.25, 0.3) is 0 Å². The molecule has 1 aliphatic heterocycles. The number of carbonyl (C=O) groups is 1. The number of amides is 1. The molecule has 2 heterocycles. The predicted molar refractivity (Wildman–Crippen MR) is 128 cm³/mol. The summed E-state index contributed by atoms with van der Waals surface area (Å²) in [4.78, 5) is 17.9. The standard InChI is InChI=1S/C23H24BrN5O4/c1-4-32-17-9-7-6-8-16(17)28-22(31)19-13(3)27-23-25-12-26-29(23)20(19)14-10-15(24)21(30)18(11-14)33-5-2/h6-12,20,30H,4-5H2,1-3H3,(H,28,31)(H,25,26,27). The van der Waals surface area contributed by atoms with E-state index in [4.69, 9.17) is 9.47 Å². The van der Waals surface area contributed by atoms with Crippen molar-refractivity contribution in [1.29, 1.82) is 0 Å². The molecule has 0 bridgehead atoms. The summed E-state index contributed by atoms with van der Waals surface area (Å²) in [6, 6.07) is 10.1. The molecule has 1 amide bonds. The van der Waals surface area contributed by atoms with Crippen LogP contribution in [0.15, 0.2) is 58.5 Å². The Kier molecular flexibility index (Phi) is 6.55. The van der Waals surface area contributed by atoms with Crippen molar-refractivity contribution >= 4 is 33.5 Å². The van der Waals surface area contributed by atoms with Crippen molar-refractivity contribution in [2.75, 3.05) is 23.8 Å². The maximum absolute atomic E-state index is 13.6. The highest BCUT2D eigenvalue weighted by atomic mass is 79.9. The second-order valence-electron chi connectivity index (χ2n) is 7.26. The number of hydrogen-bond acceptors (Lipinski definition) is 7. The zero-order valence-electron chi connectivity index (χ0n) is 18.4. The smallest absolute Gasteiger partial charge is 0.255 e. The summed E-state index contributed by atoms with van der Waals surface area (Å²) < 4.78 is 13.3. The Morgan fingerprint density at radius 3 is 2.70 bits per heavy atom. The molecule has 0 saturated heterocycles. The van der Waals surface area contributed by atoms with Crippen LogP contribution in [0.1, 0.15) is 32.4 Å². The summed E-state index contributed by atoms with van der Waals surface area (Å²) in [7, 11) is 0. The first-order chi connectivity index (χ1) is 15.9. The molecule has 10 heteroatoms. The SMILES string of the molecule is CCOc1ccccc1NC(=O)C1=C(C)Nc2ncnn2C1c1cc(Br)c(O)c(OCC)c1. The van der Waals surface area contributed by atoms with Crippen LogP contribution >= 0.6 is 15.9 Å². The van der Waals surface area contributed by atoms with E-state index in [9.17, 15) is 9.90 Å². The van der Waals surface area contributed by atoms with Crippen LogP contribution in [-0.4, -0.2) is 39.0 Å². The molecule has 3 N–H and O–H groups in total. The zero-order valence-corrected chi connectivity index (χ0v) is 20.0. The van der Waals surface area contributed by atoms with E-state index < -0.39 is 6.04 Å². The van der Waals surface area contributed by atoms with Gasteiger partial charge in [0, 0.05) is 5.70 Å². The van der Waals surface area contributed by atoms with E-state index in [-0.39, 0.29) is 11.7 Å². The lowest BCUT2D eigenvalue weighted by Gasteiger charge is -2.29. The van der Waals surface area contributed by atoms with Crippen LogP contribution in [0, 0.1) is 0 Å². The zero-order chi connectivity index (χ0) is 23.5. The molecule has 172 valence electrons. The number of allylic oxidation sites excluding steroid dienone is 1. The van der Waals surface area contributed by atoms with Crippen molar-refractivity contribution < 1.29 is 19.4 Å². The number of aromatic hydroxyl groups is 1. The molecule has 0 radical (unpaired) electrons. The summed E-state index contributed by atoms with van der Waals surface area (Å²) in [6.45, 7) is 6.38. The van der Waals surface area contributed by atoms with Crippen molar-refractivity contribution in [3.8, 4) is 17.2 Å². The topological polar surface area (TPSA) is 111 Å². The quantitative estimate of drug-likeness (QED) is 0.427. The number of nitrogens with one attached hydrogen (secondary N) is 2. The second-order valence-corrected chi connectivity index (χ2v) is 8.11. The summed E-state index contributed by atoms with van der Waals surface area (Å²) in [6.07, 6.45) is 1.42. The van der Waals surface area contributed by atoms with Gasteiger partial charge in [0.05, 0.1) is 28.9 Å². The molecule has 0 saturated carbocycles. The van der Waals surface area contributed by atoms with E-state index >= 15 is 0 Å². The molecule has 1 aromatic heterocycles. The fourth-order valence-corrected chi connectivity index (χ4v) is 4.21. The van der Waals surface area contributed by atoms with E-state index in [1.165, 1.54) is 6.33 Å². The molecule has 33 heavy (non-hydrogen) atoms. The highest BCUT2D eigenvalue weighted by molar-refractivity contribution is 9.10. The number of benzene rings is 2. The summed E-state index contributed by atoms with van der Waals surface area (Å²) in [5, 5.41) is 20.8. The van der Waals surface area contributed by atoms with Gasteiger partial charge in [0.2, 0.25) is 5.95 Å². The van der Waals surface area contributed by atoms with Crippen LogP contribution in [0.5, 0.6) is 17.2 Å². The number of phenolic OH excluding ortho intramolecular Hbond substituents is 1. The highest BCUT2D eigenvalue weighted by Gasteiger charge is 2.34. The molecule has 1 aliphatic rings. The Morgan fingerprint density at radius 1 is 1.21 bits per heavy atom. The van der Waals surface area contributed by atoms with Crippen LogP contribution in [0.2, 0.25) is 0 Å². The highest BCUT2D eigenvalue weighted by Crippen LogP contribution is 2.42. The molecule has 0 fully saturated rings. The lowest BCUT2D eigenvalue weighted by atomic mass is 9.94. The van der Waals surface area contributed by atoms with Gasteiger partial charge in [-0.25, -0.2) is 4.68 Å². The Balaban J connectivity index is 1.79. The summed E-state index contributed by atoms with van der Waals surface area (Å²) in [5.41, 5.74) is 2.34. The summed E-state index contributed by atoms with van der Waals surface area (Å²) >= 11 is 3.39. The molecule has 0 aliphatic carbocycles. The lowest BCUT2D eigenvalue weighted by molar-refractivity contribution is -0.113. The maximum Gasteiger partial charge on any atom is 0.255 e. The average Bonchev–Trinajstić information content (AvgIpc) is 3.25. The second kappa shape index (κ2) is 9.53. The average molecular weight is 514 g/mol. The third-order valence-corrected chi connectivity index (χ3v) is 5.74. The largest absolute Gasteiger partial charge is 0.503 e. The fraction of sp³-hybridized carbons (Fsp3) is 0.261. The van der Waals surface area contributed by atoms with Gasteiger partial charge < -0.3 is 25.2 Å². The number of ether oxygens (including phenoxy) is 2. The van der Waals surface area contributed by atoms with Gasteiger partial charge in [0.1, 0.15) is 18.1 Å². The van der Waals surface area contributed by atoms with Crippen LogP contribution in [0.4, 0.5) is 11.6 Å². The van der Waals surface area contributed by atoms with E-state index in [1.807, 2.05) is 32.9 Å². The number of carbonyl (C=O) groups excluding carboxylic acids is 1. The van der Waals surface area contributed by atoms with Crippen LogP contribution in [-0.2, 0) is 4.79 Å². The number of hydrogen-bond donors (Lipinski definition) is 3. The molecule has 3 aromatic rings. The third-order valence-electron chi connectivity index (χ3n) is 5.14. The van der Waals surface area contributed by atoms with E-state index in [0.717, 1.165) is 0 Å². The molecule has 1 atom stereocenters. The minimum Gasteiger partial charge on any atom is -0.503 e. The molecular formula is C23H24BrN5O4. The van der Waals surface area contributed by atoms with Gasteiger partial charge in [-0.15, -0.1) is 0 Å². The van der Waals surface area contributed by atoms with Gasteiger partial charge in [-0.3, -0.25) is 4.79 Å². The van der Waals surface area contributed by atoms with Crippen molar-refractivity contribution in [2.24, 2.45) is 0 Å². The van der Waals surface area contributed by atoms with Crippen molar-refractivity contribution in [3.63, 3.8) is 0 Å². The number of anilines is 2. The molecule has 2 aromatic carbocycles. The monoisotopic (exact) mass is 513 g/mol. The van der Waals surface area contributed by atoms with Gasteiger partial charge in [0.15, 0.2) is 11.5 Å². The number of para-hydroxylation sites is 2. The molecule has 0 spiro atoms. The number of halogens is 1. The Hall–Kier alpha value is -3.53. The first-order valence-corrected chi connectivity index (χ1v) is 11.3. The fourth-order valence-electron chi connectivity index (χ4n) is 3.75. The maximum atomic E-state index is 13.6. The van der Waals surface area contributed by atoms with E-state index in [2.05, 4.69) is 36.6 Å². The Morgan fingerprint density at radius 2 is 1.94 bits per heavy atom. The minimum absolute atomic E-state index is 0.00862. The van der Waals surface area contributed by atoms with Crippen LogP contribution in [0.3, 0.4) is 0 Å². The van der Waals surface area contributed by atoms with Crippen molar-refractivity contribution in [3.05, 3.63) is 64.0 Å². The van der Waals surface area contributed by atoms with Gasteiger partial charge in [0.25, 0.3) is 5.91 Å². The molecular weight excluding hydrogens is 490 g/mol. The van der Waals surface area contributed by atoms with Gasteiger partial charge in [-0.1, -0.05) is 12.1 Å². The number of nitrogens with zero attached hydrogens (tertiary/aromatic N) is 3. The van der Waals surface area contributed by atoms with Crippen molar-refractivity contribution in [2.45, 2.75) is 26.8 Å².